The van der Waals surface area contributed by atoms with Gasteiger partial charge in [0.1, 0.15) is 0 Å². The molecule has 0 bridgehead atoms. The summed E-state index contributed by atoms with van der Waals surface area (Å²) in [4.78, 5) is 29.3. The molecule has 2 aromatic heterocycles. The third kappa shape index (κ3) is 3.52. The molecule has 0 atom stereocenters. The minimum absolute atomic E-state index is 0.153. The second-order valence-electron chi connectivity index (χ2n) is 6.03. The minimum atomic E-state index is -0.538. The summed E-state index contributed by atoms with van der Waals surface area (Å²) in [5, 5.41) is 0.249. The van der Waals surface area contributed by atoms with Gasteiger partial charge >= 0.3 is 5.97 Å². The van der Waals surface area contributed by atoms with Gasteiger partial charge in [0.25, 0.3) is 5.56 Å². The van der Waals surface area contributed by atoms with Crippen LogP contribution in [0.25, 0.3) is 22.1 Å². The maximum Gasteiger partial charge on any atom is 0.343 e. The number of esters is 1. The third-order valence-corrected chi connectivity index (χ3v) is 5.51. The standard InChI is InChI=1S/C20H15ClN2O5S/c1-26-15-8-11(7-12(21)18(15)28-10-17(24)27-2)9-16-19(25)23-14-6-4-3-5-13(14)22-20(23)29-16/h3-9H,10H2,1-2H3/b16-9-. The normalized spacial score (nSPS) is 11.9. The van der Waals surface area contributed by atoms with Crippen molar-refractivity contribution in [2.45, 2.75) is 0 Å². The molecular weight excluding hydrogens is 416 g/mol. The Morgan fingerprint density at radius 2 is 2.07 bits per heavy atom. The van der Waals surface area contributed by atoms with Crippen molar-refractivity contribution in [3.8, 4) is 11.5 Å². The first-order valence-electron chi connectivity index (χ1n) is 8.50. The van der Waals surface area contributed by atoms with Crippen molar-refractivity contribution in [2.75, 3.05) is 20.8 Å². The van der Waals surface area contributed by atoms with Gasteiger partial charge in [0.15, 0.2) is 23.1 Å². The van der Waals surface area contributed by atoms with Crippen LogP contribution in [-0.2, 0) is 9.53 Å². The number of thiazole rings is 1. The van der Waals surface area contributed by atoms with E-state index in [0.717, 1.165) is 11.0 Å². The molecule has 0 aliphatic rings. The monoisotopic (exact) mass is 430 g/mol. The van der Waals surface area contributed by atoms with Gasteiger partial charge in [-0.2, -0.15) is 0 Å². The van der Waals surface area contributed by atoms with E-state index >= 15 is 0 Å². The molecule has 0 N–H and O–H groups in total. The maximum absolute atomic E-state index is 12.9. The predicted octanol–water partition coefficient (Wildman–Crippen LogP) is 2.67. The van der Waals surface area contributed by atoms with Gasteiger partial charge < -0.3 is 14.2 Å². The largest absolute Gasteiger partial charge is 0.493 e. The molecule has 2 heterocycles. The van der Waals surface area contributed by atoms with Gasteiger partial charge in [0.2, 0.25) is 0 Å². The van der Waals surface area contributed by atoms with Crippen LogP contribution in [-0.4, -0.2) is 36.2 Å². The Hall–Kier alpha value is -3.10. The molecule has 9 heteroatoms. The van der Waals surface area contributed by atoms with Gasteiger partial charge in [0.05, 0.1) is 34.8 Å². The number of carbonyl (C=O) groups excluding carboxylic acids is 1. The summed E-state index contributed by atoms with van der Waals surface area (Å²) in [5.74, 6) is 0.0295. The predicted molar refractivity (Wildman–Crippen MR) is 111 cm³/mol. The number of aromatic nitrogens is 2. The Kier molecular flexibility index (Phi) is 5.12. The summed E-state index contributed by atoms with van der Waals surface area (Å²) in [7, 11) is 2.73. The Labute approximate surface area is 173 Å². The van der Waals surface area contributed by atoms with Crippen LogP contribution in [0.3, 0.4) is 0 Å². The van der Waals surface area contributed by atoms with Crippen LogP contribution in [0.4, 0.5) is 0 Å². The molecule has 4 rings (SSSR count). The molecule has 148 valence electrons. The number of imidazole rings is 1. The van der Waals surface area contributed by atoms with Crippen molar-refractivity contribution in [2.24, 2.45) is 0 Å². The molecule has 7 nitrogen and oxygen atoms in total. The average molecular weight is 431 g/mol. The van der Waals surface area contributed by atoms with E-state index in [2.05, 4.69) is 9.72 Å². The lowest BCUT2D eigenvalue weighted by atomic mass is 10.2. The third-order valence-electron chi connectivity index (χ3n) is 4.26. The summed E-state index contributed by atoms with van der Waals surface area (Å²) in [6, 6.07) is 10.8. The highest BCUT2D eigenvalue weighted by atomic mass is 35.5. The van der Waals surface area contributed by atoms with Crippen LogP contribution >= 0.6 is 22.9 Å². The van der Waals surface area contributed by atoms with Crippen molar-refractivity contribution in [3.05, 3.63) is 61.9 Å². The zero-order chi connectivity index (χ0) is 20.5. The molecular formula is C20H15ClN2O5S. The fraction of sp³-hybridized carbons (Fsp3) is 0.150. The highest BCUT2D eigenvalue weighted by molar-refractivity contribution is 7.15. The van der Waals surface area contributed by atoms with Crippen molar-refractivity contribution in [1.82, 2.24) is 9.38 Å². The minimum Gasteiger partial charge on any atom is -0.493 e. The zero-order valence-electron chi connectivity index (χ0n) is 15.5. The van der Waals surface area contributed by atoms with Gasteiger partial charge in [-0.3, -0.25) is 4.79 Å². The molecule has 0 saturated heterocycles. The van der Waals surface area contributed by atoms with Crippen LogP contribution in [0.15, 0.2) is 41.2 Å². The number of carbonyl (C=O) groups is 1. The number of rotatable bonds is 5. The first kappa shape index (κ1) is 19.2. The van der Waals surface area contributed by atoms with Crippen molar-refractivity contribution in [1.29, 1.82) is 0 Å². The smallest absolute Gasteiger partial charge is 0.343 e. The van der Waals surface area contributed by atoms with Gasteiger partial charge in [-0.05, 0) is 35.9 Å². The van der Waals surface area contributed by atoms with Crippen LogP contribution in [0.1, 0.15) is 5.56 Å². The van der Waals surface area contributed by atoms with Crippen molar-refractivity contribution in [3.63, 3.8) is 0 Å². The molecule has 4 aromatic rings. The van der Waals surface area contributed by atoms with Gasteiger partial charge in [0, 0.05) is 0 Å². The van der Waals surface area contributed by atoms with E-state index in [1.54, 1.807) is 22.6 Å². The van der Waals surface area contributed by atoms with E-state index in [9.17, 15) is 9.59 Å². The molecule has 0 aliphatic carbocycles. The Balaban J connectivity index is 1.78. The number of ether oxygens (including phenoxy) is 3. The number of fused-ring (bicyclic) bond motifs is 3. The van der Waals surface area contributed by atoms with E-state index < -0.39 is 5.97 Å². The first-order valence-corrected chi connectivity index (χ1v) is 9.70. The van der Waals surface area contributed by atoms with Gasteiger partial charge in [-0.15, -0.1) is 0 Å². The van der Waals surface area contributed by atoms with E-state index in [4.69, 9.17) is 21.1 Å². The van der Waals surface area contributed by atoms with Gasteiger partial charge in [-0.25, -0.2) is 14.2 Å². The topological polar surface area (TPSA) is 79.1 Å². The van der Waals surface area contributed by atoms with E-state index in [1.807, 2.05) is 24.3 Å². The summed E-state index contributed by atoms with van der Waals surface area (Å²) in [6.45, 7) is -0.296. The Morgan fingerprint density at radius 1 is 1.28 bits per heavy atom. The number of para-hydroxylation sites is 2. The summed E-state index contributed by atoms with van der Waals surface area (Å²) >= 11 is 7.60. The average Bonchev–Trinajstić information content (AvgIpc) is 3.22. The number of nitrogens with zero attached hydrogens (tertiary/aromatic N) is 2. The lowest BCUT2D eigenvalue weighted by molar-refractivity contribution is -0.142. The molecule has 0 aliphatic heterocycles. The number of benzene rings is 2. The second kappa shape index (κ2) is 7.73. The fourth-order valence-corrected chi connectivity index (χ4v) is 4.18. The SMILES string of the molecule is COC(=O)COc1c(Cl)cc(/C=c2\sc3nc4ccccc4n3c2=O)cc1OC. The number of halogens is 1. The van der Waals surface area contributed by atoms with Crippen LogP contribution < -0.4 is 19.6 Å². The maximum atomic E-state index is 12.9. The molecule has 0 radical (unpaired) electrons. The van der Waals surface area contributed by atoms with E-state index in [-0.39, 0.29) is 22.9 Å². The Bertz CT molecular complexity index is 1340. The van der Waals surface area contributed by atoms with Crippen molar-refractivity contribution < 1.29 is 19.0 Å². The summed E-state index contributed by atoms with van der Waals surface area (Å²) < 4.78 is 17.4. The number of hydrogen-bond acceptors (Lipinski definition) is 7. The van der Waals surface area contributed by atoms with Crippen molar-refractivity contribution >= 4 is 51.0 Å². The fourth-order valence-electron chi connectivity index (χ4n) is 2.92. The summed E-state index contributed by atoms with van der Waals surface area (Å²) in [5.41, 5.74) is 2.05. The van der Waals surface area contributed by atoms with Crippen LogP contribution in [0, 0.1) is 0 Å². The van der Waals surface area contributed by atoms with Crippen LogP contribution in [0.5, 0.6) is 11.5 Å². The molecule has 0 fully saturated rings. The highest BCUT2D eigenvalue weighted by Gasteiger charge is 2.15. The molecule has 29 heavy (non-hydrogen) atoms. The molecule has 0 unspecified atom stereocenters. The quantitative estimate of drug-likeness (QED) is 0.453. The van der Waals surface area contributed by atoms with E-state index in [0.29, 0.717) is 20.8 Å². The molecule has 2 aromatic carbocycles. The van der Waals surface area contributed by atoms with Gasteiger partial charge in [-0.1, -0.05) is 35.1 Å². The van der Waals surface area contributed by atoms with Crippen LogP contribution in [0.2, 0.25) is 5.02 Å². The molecule has 0 saturated carbocycles. The second-order valence-corrected chi connectivity index (χ2v) is 7.45. The number of hydrogen-bond donors (Lipinski definition) is 0. The molecule has 0 amide bonds. The summed E-state index contributed by atoms with van der Waals surface area (Å²) in [6.07, 6.45) is 1.72. The zero-order valence-corrected chi connectivity index (χ0v) is 17.0. The molecule has 0 spiro atoms. The van der Waals surface area contributed by atoms with E-state index in [1.165, 1.54) is 25.6 Å². The number of methoxy groups -OCH3 is 2. The highest BCUT2D eigenvalue weighted by Crippen LogP contribution is 2.36. The lowest BCUT2D eigenvalue weighted by Gasteiger charge is -2.12. The first-order chi connectivity index (χ1) is 14.0. The Morgan fingerprint density at radius 3 is 2.83 bits per heavy atom. The lowest BCUT2D eigenvalue weighted by Crippen LogP contribution is -2.22.